The van der Waals surface area contributed by atoms with Gasteiger partial charge in [-0.25, -0.2) is 0 Å². The van der Waals surface area contributed by atoms with Crippen LogP contribution in [0.2, 0.25) is 5.02 Å². The average Bonchev–Trinajstić information content (AvgIpc) is 2.39. The first-order valence-electron chi connectivity index (χ1n) is 6.78. The number of benzene rings is 1. The van der Waals surface area contributed by atoms with E-state index in [-0.39, 0.29) is 6.10 Å². The predicted molar refractivity (Wildman–Crippen MR) is 81.2 cm³/mol. The standard InChI is InChI=1S/C14H20ClN3O2/c1-2-20-10-3-5-18(6-4-10)13-11(14(17)19)7-9(16)8-12(13)15/h7-8,10H,2-6,16H2,1H3,(H2,17,19). The zero-order valence-corrected chi connectivity index (χ0v) is 12.3. The highest BCUT2D eigenvalue weighted by Gasteiger charge is 2.24. The third-order valence-corrected chi connectivity index (χ3v) is 3.80. The molecule has 20 heavy (non-hydrogen) atoms. The number of nitrogens with zero attached hydrogens (tertiary/aromatic N) is 1. The Kier molecular flexibility index (Phi) is 4.73. The minimum Gasteiger partial charge on any atom is -0.399 e. The fourth-order valence-electron chi connectivity index (χ4n) is 2.61. The monoisotopic (exact) mass is 297 g/mol. The van der Waals surface area contributed by atoms with Gasteiger partial charge in [-0.05, 0) is 31.9 Å². The molecule has 6 heteroatoms. The summed E-state index contributed by atoms with van der Waals surface area (Å²) in [7, 11) is 0. The number of ether oxygens (including phenoxy) is 1. The molecule has 1 aliphatic rings. The number of nitrogens with two attached hydrogens (primary N) is 2. The molecule has 0 atom stereocenters. The van der Waals surface area contributed by atoms with Gasteiger partial charge in [0, 0.05) is 25.4 Å². The Labute approximate surface area is 123 Å². The molecule has 0 unspecified atom stereocenters. The Morgan fingerprint density at radius 2 is 2.10 bits per heavy atom. The smallest absolute Gasteiger partial charge is 0.250 e. The number of carbonyl (C=O) groups is 1. The van der Waals surface area contributed by atoms with Gasteiger partial charge in [0.25, 0.3) is 5.91 Å². The lowest BCUT2D eigenvalue weighted by Crippen LogP contribution is -2.38. The first-order valence-corrected chi connectivity index (χ1v) is 7.16. The molecule has 1 amide bonds. The molecule has 1 aromatic carbocycles. The fourth-order valence-corrected chi connectivity index (χ4v) is 2.96. The van der Waals surface area contributed by atoms with E-state index in [1.54, 1.807) is 12.1 Å². The molecule has 1 fully saturated rings. The molecule has 0 bridgehead atoms. The van der Waals surface area contributed by atoms with Crippen LogP contribution in [0.5, 0.6) is 0 Å². The van der Waals surface area contributed by atoms with Gasteiger partial charge in [0.1, 0.15) is 0 Å². The number of primary amides is 1. The summed E-state index contributed by atoms with van der Waals surface area (Å²) in [5, 5.41) is 0.466. The zero-order valence-electron chi connectivity index (χ0n) is 11.6. The number of rotatable bonds is 4. The van der Waals surface area contributed by atoms with Crippen molar-refractivity contribution in [2.45, 2.75) is 25.9 Å². The van der Waals surface area contributed by atoms with Crippen LogP contribution in [0, 0.1) is 0 Å². The van der Waals surface area contributed by atoms with E-state index in [1.165, 1.54) is 0 Å². The molecule has 0 radical (unpaired) electrons. The molecule has 0 aliphatic carbocycles. The normalized spacial score (nSPS) is 16.4. The van der Waals surface area contributed by atoms with Crippen molar-refractivity contribution in [2.24, 2.45) is 5.73 Å². The van der Waals surface area contributed by atoms with E-state index in [0.717, 1.165) is 32.5 Å². The van der Waals surface area contributed by atoms with E-state index in [1.807, 2.05) is 6.92 Å². The maximum absolute atomic E-state index is 11.6. The van der Waals surface area contributed by atoms with E-state index in [2.05, 4.69) is 4.90 Å². The first-order chi connectivity index (χ1) is 9.52. The topological polar surface area (TPSA) is 81.6 Å². The minimum atomic E-state index is -0.513. The highest BCUT2D eigenvalue weighted by Crippen LogP contribution is 2.34. The molecule has 0 aromatic heterocycles. The second-order valence-corrected chi connectivity index (χ2v) is 5.31. The van der Waals surface area contributed by atoms with Gasteiger partial charge in [0.05, 0.1) is 22.4 Å². The van der Waals surface area contributed by atoms with Crippen molar-refractivity contribution in [1.29, 1.82) is 0 Å². The Morgan fingerprint density at radius 3 is 2.65 bits per heavy atom. The molecule has 1 saturated heterocycles. The molecule has 1 aromatic rings. The van der Waals surface area contributed by atoms with Crippen LogP contribution in [0.15, 0.2) is 12.1 Å². The number of anilines is 2. The van der Waals surface area contributed by atoms with Gasteiger partial charge in [-0.2, -0.15) is 0 Å². The first kappa shape index (κ1) is 14.9. The van der Waals surface area contributed by atoms with Crippen LogP contribution in [-0.2, 0) is 4.74 Å². The molecule has 2 rings (SSSR count). The Hall–Kier alpha value is -1.46. The molecular weight excluding hydrogens is 278 g/mol. The Bertz CT molecular complexity index is 499. The summed E-state index contributed by atoms with van der Waals surface area (Å²) in [4.78, 5) is 13.7. The summed E-state index contributed by atoms with van der Waals surface area (Å²) < 4.78 is 5.62. The summed E-state index contributed by atoms with van der Waals surface area (Å²) in [6.45, 7) is 4.29. The lowest BCUT2D eigenvalue weighted by Gasteiger charge is -2.34. The zero-order chi connectivity index (χ0) is 14.7. The van der Waals surface area contributed by atoms with Gasteiger partial charge in [0.2, 0.25) is 0 Å². The SMILES string of the molecule is CCOC1CCN(c2c(Cl)cc(N)cc2C(N)=O)CC1. The van der Waals surface area contributed by atoms with Gasteiger partial charge in [-0.3, -0.25) is 4.79 Å². The Balaban J connectivity index is 2.23. The number of piperidine rings is 1. The second-order valence-electron chi connectivity index (χ2n) is 4.90. The van der Waals surface area contributed by atoms with Crippen LogP contribution in [0.4, 0.5) is 11.4 Å². The van der Waals surface area contributed by atoms with Crippen molar-refractivity contribution < 1.29 is 9.53 Å². The van der Waals surface area contributed by atoms with E-state index >= 15 is 0 Å². The average molecular weight is 298 g/mol. The summed E-state index contributed by atoms with van der Waals surface area (Å²) >= 11 is 6.25. The van der Waals surface area contributed by atoms with Crippen LogP contribution in [0.3, 0.4) is 0 Å². The van der Waals surface area contributed by atoms with Gasteiger partial charge >= 0.3 is 0 Å². The van der Waals surface area contributed by atoms with Crippen molar-refractivity contribution in [1.82, 2.24) is 0 Å². The highest BCUT2D eigenvalue weighted by atomic mass is 35.5. The van der Waals surface area contributed by atoms with E-state index in [0.29, 0.717) is 22.0 Å². The van der Waals surface area contributed by atoms with Crippen LogP contribution < -0.4 is 16.4 Å². The van der Waals surface area contributed by atoms with Crippen molar-refractivity contribution in [2.75, 3.05) is 30.3 Å². The van der Waals surface area contributed by atoms with Crippen molar-refractivity contribution in [3.8, 4) is 0 Å². The van der Waals surface area contributed by atoms with Crippen LogP contribution >= 0.6 is 11.6 Å². The van der Waals surface area contributed by atoms with Gasteiger partial charge in [-0.1, -0.05) is 11.6 Å². The summed E-state index contributed by atoms with van der Waals surface area (Å²) in [5.41, 5.74) is 12.7. The van der Waals surface area contributed by atoms with Gasteiger partial charge < -0.3 is 21.1 Å². The third-order valence-electron chi connectivity index (χ3n) is 3.51. The van der Waals surface area contributed by atoms with Crippen molar-refractivity contribution in [3.05, 3.63) is 22.7 Å². The quantitative estimate of drug-likeness (QED) is 0.833. The van der Waals surface area contributed by atoms with Gasteiger partial charge in [-0.15, -0.1) is 0 Å². The number of hydrogen-bond acceptors (Lipinski definition) is 4. The molecule has 1 aliphatic heterocycles. The van der Waals surface area contributed by atoms with Crippen LogP contribution in [0.25, 0.3) is 0 Å². The van der Waals surface area contributed by atoms with E-state index in [4.69, 9.17) is 27.8 Å². The number of amides is 1. The molecule has 4 N–H and O–H groups in total. The summed E-state index contributed by atoms with van der Waals surface area (Å²) in [6, 6.07) is 3.23. The number of nitrogen functional groups attached to an aromatic ring is 1. The number of hydrogen-bond donors (Lipinski definition) is 2. The van der Waals surface area contributed by atoms with Crippen molar-refractivity contribution >= 4 is 28.9 Å². The van der Waals surface area contributed by atoms with Crippen molar-refractivity contribution in [3.63, 3.8) is 0 Å². The van der Waals surface area contributed by atoms with Crippen LogP contribution in [0.1, 0.15) is 30.1 Å². The molecule has 110 valence electrons. The minimum absolute atomic E-state index is 0.279. The molecule has 1 heterocycles. The lowest BCUT2D eigenvalue weighted by atomic mass is 10.0. The molecular formula is C14H20ClN3O2. The number of halogens is 1. The lowest BCUT2D eigenvalue weighted by molar-refractivity contribution is 0.0459. The predicted octanol–water partition coefficient (Wildman–Crippen LogP) is 2.03. The summed E-state index contributed by atoms with van der Waals surface area (Å²) in [6.07, 6.45) is 2.10. The molecule has 0 saturated carbocycles. The second kappa shape index (κ2) is 6.33. The maximum Gasteiger partial charge on any atom is 0.250 e. The third kappa shape index (κ3) is 3.16. The van der Waals surface area contributed by atoms with Crippen LogP contribution in [-0.4, -0.2) is 31.7 Å². The maximum atomic E-state index is 11.6. The molecule has 0 spiro atoms. The molecule has 5 nitrogen and oxygen atoms in total. The largest absolute Gasteiger partial charge is 0.399 e. The van der Waals surface area contributed by atoms with E-state index in [9.17, 15) is 4.79 Å². The Morgan fingerprint density at radius 1 is 1.45 bits per heavy atom. The highest BCUT2D eigenvalue weighted by molar-refractivity contribution is 6.34. The number of carbonyl (C=O) groups excluding carboxylic acids is 1. The fraction of sp³-hybridized carbons (Fsp3) is 0.500. The van der Waals surface area contributed by atoms with E-state index < -0.39 is 5.91 Å². The van der Waals surface area contributed by atoms with Gasteiger partial charge in [0.15, 0.2) is 0 Å². The summed E-state index contributed by atoms with van der Waals surface area (Å²) in [5.74, 6) is -0.513.